The van der Waals surface area contributed by atoms with Gasteiger partial charge in [0.1, 0.15) is 11.5 Å². The second-order valence-electron chi connectivity index (χ2n) is 12.3. The largest absolute Gasteiger partial charge is 0.438 e. The van der Waals surface area contributed by atoms with Gasteiger partial charge in [-0.15, -0.1) is 0 Å². The van der Waals surface area contributed by atoms with E-state index in [1.807, 2.05) is 109 Å². The predicted octanol–water partition coefficient (Wildman–Crippen LogP) is 8.66. The van der Waals surface area contributed by atoms with Crippen molar-refractivity contribution < 1.29 is 18.6 Å². The summed E-state index contributed by atoms with van der Waals surface area (Å²) < 4.78 is 13.7. The molecule has 1 saturated heterocycles. The van der Waals surface area contributed by atoms with Crippen LogP contribution in [-0.2, 0) is 0 Å². The molecule has 0 N–H and O–H groups in total. The highest BCUT2D eigenvalue weighted by Crippen LogP contribution is 2.58. The van der Waals surface area contributed by atoms with Crippen LogP contribution in [-0.4, -0.2) is 39.4 Å². The molecule has 7 heteroatoms. The number of hydrogen-bond donors (Lipinski definition) is 0. The average molecular weight is 627 g/mol. The predicted molar refractivity (Wildman–Crippen MR) is 180 cm³/mol. The number of allylic oxidation sites excluding steroid dienone is 4. The molecule has 2 fully saturated rings. The van der Waals surface area contributed by atoms with Crippen LogP contribution in [0.5, 0.6) is 11.5 Å². The Morgan fingerprint density at radius 2 is 0.978 bits per heavy atom. The quantitative estimate of drug-likeness (QED) is 0.214. The second kappa shape index (κ2) is 12.3. The van der Waals surface area contributed by atoms with Crippen molar-refractivity contribution in [3.8, 4) is 11.5 Å². The summed E-state index contributed by atoms with van der Waals surface area (Å²) >= 11 is 0. The number of hydrogen-bond acceptors (Lipinski definition) is 4. The van der Waals surface area contributed by atoms with Gasteiger partial charge in [0.2, 0.25) is 0 Å². The van der Waals surface area contributed by atoms with Gasteiger partial charge in [-0.25, -0.2) is 0 Å². The molecule has 2 heterocycles. The zero-order valence-electron chi connectivity index (χ0n) is 25.4. The lowest BCUT2D eigenvalue weighted by Gasteiger charge is -2.57. The number of piperazine rings is 1. The molecule has 4 aromatic carbocycles. The van der Waals surface area contributed by atoms with Gasteiger partial charge in [-0.1, -0.05) is 110 Å². The molecule has 4 atom stereocenters. The maximum Gasteiger partial charge on any atom is 0.301 e. The number of carbonyl (C=O) groups is 2. The summed E-state index contributed by atoms with van der Waals surface area (Å²) in [5.41, 5.74) is 3.00. The summed E-state index contributed by atoms with van der Waals surface area (Å²) in [4.78, 5) is 33.9. The van der Waals surface area contributed by atoms with Crippen LogP contribution in [0, 0.1) is 0 Å². The van der Waals surface area contributed by atoms with Gasteiger partial charge in [0, 0.05) is 22.3 Å². The molecule has 0 radical (unpaired) electrons. The Hall–Kier alpha value is -4.67. The summed E-state index contributed by atoms with van der Waals surface area (Å²) in [5, 5.41) is 0. The minimum Gasteiger partial charge on any atom is -0.438 e. The van der Waals surface area contributed by atoms with E-state index in [1.165, 1.54) is 0 Å². The van der Waals surface area contributed by atoms with Gasteiger partial charge in [0.05, 0.1) is 29.8 Å². The Morgan fingerprint density at radius 1 is 0.565 bits per heavy atom. The van der Waals surface area contributed by atoms with Gasteiger partial charge in [-0.2, -0.15) is 0 Å². The van der Waals surface area contributed by atoms with Crippen molar-refractivity contribution in [2.45, 2.75) is 55.5 Å². The van der Waals surface area contributed by atoms with Gasteiger partial charge in [0.25, 0.3) is 11.8 Å². The SMILES string of the molecule is O=C(c1ccccc1)N1[C@@H]2c3ccccc3OP(C3C=CC=C3)Oc3ccccc3[C@H]2N(C(=O)c2ccccc2)[C@H]2CCCC[C@@H]21. The van der Waals surface area contributed by atoms with Crippen molar-refractivity contribution in [1.82, 2.24) is 9.80 Å². The van der Waals surface area contributed by atoms with Crippen LogP contribution in [0.2, 0.25) is 0 Å². The normalized spacial score (nSPS) is 23.8. The van der Waals surface area contributed by atoms with E-state index in [0.29, 0.717) is 22.6 Å². The highest BCUT2D eigenvalue weighted by Gasteiger charge is 2.54. The molecular formula is C39H35N2O4P. The lowest BCUT2D eigenvalue weighted by Crippen LogP contribution is -2.65. The second-order valence-corrected chi connectivity index (χ2v) is 13.8. The molecule has 1 saturated carbocycles. The number of para-hydroxylation sites is 2. The van der Waals surface area contributed by atoms with Crippen molar-refractivity contribution >= 4 is 20.2 Å². The van der Waals surface area contributed by atoms with Crippen molar-refractivity contribution in [2.75, 3.05) is 0 Å². The van der Waals surface area contributed by atoms with Gasteiger partial charge >= 0.3 is 8.38 Å². The molecule has 2 aliphatic heterocycles. The lowest BCUT2D eigenvalue weighted by atomic mass is 9.77. The van der Waals surface area contributed by atoms with Crippen LogP contribution in [0.3, 0.4) is 0 Å². The third-order valence-electron chi connectivity index (χ3n) is 9.64. The number of fused-ring (bicyclic) bond motifs is 6. The molecule has 0 spiro atoms. The summed E-state index contributed by atoms with van der Waals surface area (Å²) in [5.74, 6) is 1.29. The van der Waals surface area contributed by atoms with Crippen molar-refractivity contribution in [3.05, 3.63) is 156 Å². The number of carbonyl (C=O) groups excluding carboxylic acids is 2. The number of rotatable bonds is 3. The smallest absolute Gasteiger partial charge is 0.301 e. The third-order valence-corrected chi connectivity index (χ3v) is 11.2. The Labute approximate surface area is 270 Å². The molecule has 0 aromatic heterocycles. The first-order valence-corrected chi connectivity index (χ1v) is 17.4. The molecule has 0 bridgehead atoms. The fourth-order valence-corrected chi connectivity index (χ4v) is 9.10. The van der Waals surface area contributed by atoms with E-state index < -0.39 is 20.5 Å². The molecule has 230 valence electrons. The summed E-state index contributed by atoms with van der Waals surface area (Å²) in [6.07, 6.45) is 11.9. The highest BCUT2D eigenvalue weighted by atomic mass is 31.2. The minimum absolute atomic E-state index is 0.0318. The van der Waals surface area contributed by atoms with E-state index in [-0.39, 0.29) is 29.6 Å². The van der Waals surface area contributed by atoms with E-state index >= 15 is 0 Å². The fourth-order valence-electron chi connectivity index (χ4n) is 7.62. The van der Waals surface area contributed by atoms with E-state index in [4.69, 9.17) is 9.05 Å². The fraction of sp³-hybridized carbons (Fsp3) is 0.231. The molecule has 4 aromatic rings. The average Bonchev–Trinajstić information content (AvgIpc) is 3.67. The lowest BCUT2D eigenvalue weighted by molar-refractivity contribution is -0.0531. The van der Waals surface area contributed by atoms with Crippen LogP contribution < -0.4 is 9.05 Å². The first kappa shape index (κ1) is 28.8. The number of amides is 2. The molecule has 6 nitrogen and oxygen atoms in total. The van der Waals surface area contributed by atoms with Crippen LogP contribution in [0.1, 0.15) is 69.6 Å². The zero-order chi connectivity index (χ0) is 31.0. The monoisotopic (exact) mass is 626 g/mol. The van der Waals surface area contributed by atoms with Gasteiger partial charge in [0.15, 0.2) is 0 Å². The van der Waals surface area contributed by atoms with E-state index in [1.54, 1.807) is 0 Å². The molecule has 2 aliphatic carbocycles. The molecule has 4 aliphatic rings. The topological polar surface area (TPSA) is 59.1 Å². The van der Waals surface area contributed by atoms with Crippen LogP contribution in [0.4, 0.5) is 0 Å². The molecule has 2 amide bonds. The maximum atomic E-state index is 14.9. The van der Waals surface area contributed by atoms with Gasteiger partial charge < -0.3 is 18.8 Å². The van der Waals surface area contributed by atoms with Gasteiger partial charge in [-0.05, 0) is 49.2 Å². The molecule has 8 rings (SSSR count). The summed E-state index contributed by atoms with van der Waals surface area (Å²) in [6, 6.07) is 33.7. The maximum absolute atomic E-state index is 14.9. The van der Waals surface area contributed by atoms with E-state index in [9.17, 15) is 9.59 Å². The number of benzene rings is 4. The van der Waals surface area contributed by atoms with Crippen LogP contribution >= 0.6 is 8.38 Å². The summed E-state index contributed by atoms with van der Waals surface area (Å²) in [7, 11) is -1.48. The van der Waals surface area contributed by atoms with Crippen LogP contribution in [0.15, 0.2) is 133 Å². The third kappa shape index (κ3) is 5.02. The van der Waals surface area contributed by atoms with Crippen molar-refractivity contribution in [3.63, 3.8) is 0 Å². The Bertz CT molecular complexity index is 1680. The Balaban J connectivity index is 1.40. The summed E-state index contributed by atoms with van der Waals surface area (Å²) in [6.45, 7) is 0. The standard InChI is InChI=1S/C39H35N2O4P/c42-38(27-15-3-1-4-16-27)40-32-23-11-12-24-33(32)41(39(43)28-17-5-2-6-18-28)37-31-22-10-14-26-35(31)45-46(29-19-7-8-20-29)44-34-25-13-9-21-30(34)36(37)40/h1-10,13-22,25-26,29,32-33,36-37H,11-12,23-24H2/t32-,33-,36+,37+/m0/s1. The van der Waals surface area contributed by atoms with E-state index in [0.717, 1.165) is 36.8 Å². The van der Waals surface area contributed by atoms with Crippen LogP contribution in [0.25, 0.3) is 0 Å². The Kier molecular flexibility index (Phi) is 7.67. The van der Waals surface area contributed by atoms with Crippen molar-refractivity contribution in [2.24, 2.45) is 0 Å². The van der Waals surface area contributed by atoms with Crippen molar-refractivity contribution in [1.29, 1.82) is 0 Å². The molecular weight excluding hydrogens is 591 g/mol. The first-order valence-electron chi connectivity index (χ1n) is 16.1. The highest BCUT2D eigenvalue weighted by molar-refractivity contribution is 7.49. The minimum atomic E-state index is -1.48. The van der Waals surface area contributed by atoms with E-state index in [2.05, 4.69) is 34.1 Å². The van der Waals surface area contributed by atoms with Gasteiger partial charge in [-0.3, -0.25) is 9.59 Å². The first-order chi connectivity index (χ1) is 22.7. The Morgan fingerprint density at radius 3 is 1.43 bits per heavy atom. The number of nitrogens with zero attached hydrogens (tertiary/aromatic N) is 2. The zero-order valence-corrected chi connectivity index (χ0v) is 26.3. The molecule has 0 unspecified atom stereocenters. The molecule has 46 heavy (non-hydrogen) atoms.